The van der Waals surface area contributed by atoms with Gasteiger partial charge in [-0.3, -0.25) is 9.78 Å². The minimum atomic E-state index is -3.04. The van der Waals surface area contributed by atoms with Gasteiger partial charge in [0, 0.05) is 23.7 Å². The van der Waals surface area contributed by atoms with Gasteiger partial charge >= 0.3 is 0 Å². The number of fused-ring (bicyclic) bond motifs is 1. The molecule has 0 radical (unpaired) electrons. The zero-order valence-corrected chi connectivity index (χ0v) is 16.4. The second kappa shape index (κ2) is 7.35. The Morgan fingerprint density at radius 3 is 2.65 bits per heavy atom. The van der Waals surface area contributed by atoms with E-state index < -0.39 is 9.84 Å². The number of para-hydroxylation sites is 1. The lowest BCUT2D eigenvalue weighted by Crippen LogP contribution is -2.41. The fraction of sp³-hybridized carbons (Fsp3) is 0.500. The Morgan fingerprint density at radius 2 is 2.04 bits per heavy atom. The summed E-state index contributed by atoms with van der Waals surface area (Å²) in [5.74, 6) is 0.352. The number of sulfone groups is 1. The van der Waals surface area contributed by atoms with Gasteiger partial charge in [-0.25, -0.2) is 8.42 Å². The molecule has 1 saturated heterocycles. The maximum Gasteiger partial charge on any atom is 0.254 e. The fourth-order valence-electron chi connectivity index (χ4n) is 3.54. The van der Waals surface area contributed by atoms with Crippen molar-refractivity contribution in [3.8, 4) is 0 Å². The molecule has 1 aromatic carbocycles. The molecule has 1 amide bonds. The standard InChI is InChI=1S/C20H26N2O3S/c1-4-10-22(15-9-11-26(24,25)13-15)20(23)17-12-19(14(2)3)21-18-8-6-5-7-16(17)18/h5-8,12,14-15H,4,9-11,13H2,1-3H3. The molecule has 1 fully saturated rings. The number of carbonyl (C=O) groups is 1. The molecule has 2 heterocycles. The van der Waals surface area contributed by atoms with Crippen LogP contribution in [0.25, 0.3) is 10.9 Å². The third-order valence-corrected chi connectivity index (χ3v) is 6.68. The maximum absolute atomic E-state index is 13.4. The average Bonchev–Trinajstić information content (AvgIpc) is 2.97. The van der Waals surface area contributed by atoms with Crippen LogP contribution in [0, 0.1) is 0 Å². The highest BCUT2D eigenvalue weighted by atomic mass is 32.2. The number of pyridine rings is 1. The molecular weight excluding hydrogens is 348 g/mol. The minimum Gasteiger partial charge on any atom is -0.335 e. The van der Waals surface area contributed by atoms with Crippen molar-refractivity contribution in [1.82, 2.24) is 9.88 Å². The van der Waals surface area contributed by atoms with Crippen LogP contribution in [-0.2, 0) is 9.84 Å². The number of nitrogens with zero attached hydrogens (tertiary/aromatic N) is 2. The van der Waals surface area contributed by atoms with Crippen molar-refractivity contribution in [2.24, 2.45) is 0 Å². The van der Waals surface area contributed by atoms with Crippen LogP contribution >= 0.6 is 0 Å². The SMILES string of the molecule is CCCN(C(=O)c1cc(C(C)C)nc2ccccc12)C1CCS(=O)(=O)C1. The normalized spacial score (nSPS) is 19.2. The van der Waals surface area contributed by atoms with Crippen LogP contribution in [0.3, 0.4) is 0 Å². The van der Waals surface area contributed by atoms with Gasteiger partial charge in [-0.1, -0.05) is 39.0 Å². The van der Waals surface area contributed by atoms with Crippen molar-refractivity contribution in [1.29, 1.82) is 0 Å². The number of aromatic nitrogens is 1. The Hall–Kier alpha value is -1.95. The monoisotopic (exact) mass is 374 g/mol. The lowest BCUT2D eigenvalue weighted by Gasteiger charge is -2.28. The maximum atomic E-state index is 13.4. The van der Waals surface area contributed by atoms with Crippen molar-refractivity contribution in [3.05, 3.63) is 41.6 Å². The van der Waals surface area contributed by atoms with E-state index in [1.807, 2.05) is 37.3 Å². The lowest BCUT2D eigenvalue weighted by molar-refractivity contribution is 0.0699. The molecule has 0 spiro atoms. The van der Waals surface area contributed by atoms with Crippen molar-refractivity contribution in [2.45, 2.75) is 45.6 Å². The Kier molecular flexibility index (Phi) is 5.32. The highest BCUT2D eigenvalue weighted by Gasteiger charge is 2.35. The van der Waals surface area contributed by atoms with Crippen LogP contribution in [0.1, 0.15) is 55.6 Å². The zero-order valence-electron chi connectivity index (χ0n) is 15.6. The van der Waals surface area contributed by atoms with Gasteiger partial charge in [-0.05, 0) is 30.9 Å². The van der Waals surface area contributed by atoms with E-state index in [1.165, 1.54) is 0 Å². The summed E-state index contributed by atoms with van der Waals surface area (Å²) in [6.07, 6.45) is 1.32. The van der Waals surface area contributed by atoms with Crippen LogP contribution in [-0.4, -0.2) is 48.3 Å². The summed E-state index contributed by atoms with van der Waals surface area (Å²) in [4.78, 5) is 19.9. The van der Waals surface area contributed by atoms with Gasteiger partial charge in [0.25, 0.3) is 5.91 Å². The smallest absolute Gasteiger partial charge is 0.254 e. The molecule has 0 bridgehead atoms. The molecule has 1 aromatic heterocycles. The van der Waals surface area contributed by atoms with Gasteiger partial charge in [-0.2, -0.15) is 0 Å². The van der Waals surface area contributed by atoms with Crippen molar-refractivity contribution < 1.29 is 13.2 Å². The lowest BCUT2D eigenvalue weighted by atomic mass is 10.0. The van der Waals surface area contributed by atoms with Crippen LogP contribution in [0.2, 0.25) is 0 Å². The van der Waals surface area contributed by atoms with Crippen molar-refractivity contribution >= 4 is 26.6 Å². The van der Waals surface area contributed by atoms with Crippen LogP contribution in [0.4, 0.5) is 0 Å². The van der Waals surface area contributed by atoms with E-state index in [4.69, 9.17) is 0 Å². The van der Waals surface area contributed by atoms with Gasteiger partial charge in [-0.15, -0.1) is 0 Å². The fourth-order valence-corrected chi connectivity index (χ4v) is 5.27. The minimum absolute atomic E-state index is 0.0682. The van der Waals surface area contributed by atoms with Crippen LogP contribution in [0.15, 0.2) is 30.3 Å². The third kappa shape index (κ3) is 3.75. The molecule has 140 valence electrons. The summed E-state index contributed by atoms with van der Waals surface area (Å²) >= 11 is 0. The van der Waals surface area contributed by atoms with E-state index >= 15 is 0 Å². The number of rotatable bonds is 5. The number of amides is 1. The summed E-state index contributed by atoms with van der Waals surface area (Å²) in [7, 11) is -3.04. The van der Waals surface area contributed by atoms with E-state index in [1.54, 1.807) is 4.90 Å². The first-order chi connectivity index (χ1) is 12.3. The molecule has 1 unspecified atom stereocenters. The van der Waals surface area contributed by atoms with E-state index in [-0.39, 0.29) is 29.4 Å². The van der Waals surface area contributed by atoms with Gasteiger partial charge in [0.05, 0.1) is 22.6 Å². The predicted octanol–water partition coefficient (Wildman–Crippen LogP) is 3.40. The molecule has 26 heavy (non-hydrogen) atoms. The predicted molar refractivity (Wildman–Crippen MR) is 104 cm³/mol. The molecular formula is C20H26N2O3S. The van der Waals surface area contributed by atoms with Crippen molar-refractivity contribution in [3.63, 3.8) is 0 Å². The Balaban J connectivity index is 2.06. The van der Waals surface area contributed by atoms with E-state index in [2.05, 4.69) is 18.8 Å². The van der Waals surface area contributed by atoms with E-state index in [9.17, 15) is 13.2 Å². The number of carbonyl (C=O) groups excluding carboxylic acids is 1. The van der Waals surface area contributed by atoms with Gasteiger partial charge in [0.2, 0.25) is 0 Å². The Morgan fingerprint density at radius 1 is 1.31 bits per heavy atom. The van der Waals surface area contributed by atoms with Gasteiger partial charge < -0.3 is 4.90 Å². The second-order valence-electron chi connectivity index (χ2n) is 7.32. The topological polar surface area (TPSA) is 67.3 Å². The summed E-state index contributed by atoms with van der Waals surface area (Å²) < 4.78 is 23.8. The molecule has 1 aliphatic heterocycles. The summed E-state index contributed by atoms with van der Waals surface area (Å²) in [5.41, 5.74) is 2.30. The first kappa shape index (κ1) is 18.8. The van der Waals surface area contributed by atoms with E-state index in [0.29, 0.717) is 18.5 Å². The van der Waals surface area contributed by atoms with E-state index in [0.717, 1.165) is 23.0 Å². The third-order valence-electron chi connectivity index (χ3n) is 4.93. The van der Waals surface area contributed by atoms with Crippen LogP contribution in [0.5, 0.6) is 0 Å². The largest absolute Gasteiger partial charge is 0.335 e. The van der Waals surface area contributed by atoms with Crippen LogP contribution < -0.4 is 0 Å². The first-order valence-corrected chi connectivity index (χ1v) is 11.1. The molecule has 0 N–H and O–H groups in total. The van der Waals surface area contributed by atoms with Crippen molar-refractivity contribution in [2.75, 3.05) is 18.1 Å². The molecule has 2 aromatic rings. The number of hydrogen-bond acceptors (Lipinski definition) is 4. The number of hydrogen-bond donors (Lipinski definition) is 0. The molecule has 0 aliphatic carbocycles. The summed E-state index contributed by atoms with van der Waals surface area (Å²) in [6.45, 7) is 6.68. The highest BCUT2D eigenvalue weighted by molar-refractivity contribution is 7.91. The first-order valence-electron chi connectivity index (χ1n) is 9.23. The molecule has 5 nitrogen and oxygen atoms in total. The summed E-state index contributed by atoms with van der Waals surface area (Å²) in [6, 6.07) is 9.29. The molecule has 3 rings (SSSR count). The molecule has 0 saturated carbocycles. The van der Waals surface area contributed by atoms with Gasteiger partial charge in [0.1, 0.15) is 0 Å². The summed E-state index contributed by atoms with van der Waals surface area (Å²) in [5, 5.41) is 0.823. The highest BCUT2D eigenvalue weighted by Crippen LogP contribution is 2.26. The molecule has 1 atom stereocenters. The Labute approximate surface area is 155 Å². The van der Waals surface area contributed by atoms with Gasteiger partial charge in [0.15, 0.2) is 9.84 Å². The average molecular weight is 375 g/mol. The second-order valence-corrected chi connectivity index (χ2v) is 9.55. The molecule has 1 aliphatic rings. The number of benzene rings is 1. The quantitative estimate of drug-likeness (QED) is 0.804. The zero-order chi connectivity index (χ0) is 18.9. The molecule has 6 heteroatoms. The Bertz CT molecular complexity index is 922.